The molecule has 1 heterocycles. The topological polar surface area (TPSA) is 65.1 Å². The number of nitrogens with zero attached hydrogens (tertiary/aromatic N) is 1. The second kappa shape index (κ2) is 10.2. The van der Waals surface area contributed by atoms with Crippen molar-refractivity contribution >= 4 is 11.9 Å². The van der Waals surface area contributed by atoms with E-state index >= 15 is 0 Å². The van der Waals surface area contributed by atoms with E-state index in [-0.39, 0.29) is 5.75 Å². The Hall–Kier alpha value is -3.48. The number of ether oxygens (including phenoxy) is 3. The maximum absolute atomic E-state index is 13.1. The summed E-state index contributed by atoms with van der Waals surface area (Å²) in [4.78, 5) is 28.5. The third kappa shape index (κ3) is 4.79. The van der Waals surface area contributed by atoms with E-state index in [4.69, 9.17) is 14.2 Å². The third-order valence-corrected chi connectivity index (χ3v) is 7.08. The molecule has 1 atom stereocenters. The Morgan fingerprint density at radius 2 is 1.53 bits per heavy atom. The first-order chi connectivity index (χ1) is 17.5. The minimum Gasteiger partial charge on any atom is -0.419 e. The van der Waals surface area contributed by atoms with Crippen LogP contribution in [0.15, 0.2) is 72.8 Å². The summed E-state index contributed by atoms with van der Waals surface area (Å²) in [6.07, 6.45) is 2.47. The predicted molar refractivity (Wildman–Crippen MR) is 137 cm³/mol. The molecule has 0 radical (unpaired) electrons. The number of esters is 2. The number of morpholine rings is 1. The van der Waals surface area contributed by atoms with Crippen molar-refractivity contribution < 1.29 is 23.8 Å². The van der Waals surface area contributed by atoms with Gasteiger partial charge in [0.05, 0.1) is 17.7 Å². The summed E-state index contributed by atoms with van der Waals surface area (Å²) in [5, 5.41) is 0. The van der Waals surface area contributed by atoms with Gasteiger partial charge in [0.15, 0.2) is 11.5 Å². The van der Waals surface area contributed by atoms with Gasteiger partial charge in [-0.05, 0) is 69.0 Å². The van der Waals surface area contributed by atoms with Crippen molar-refractivity contribution in [2.75, 3.05) is 19.7 Å². The quantitative estimate of drug-likeness (QED) is 0.356. The molecule has 6 heteroatoms. The van der Waals surface area contributed by atoms with Crippen molar-refractivity contribution in [2.45, 2.75) is 44.8 Å². The van der Waals surface area contributed by atoms with Gasteiger partial charge in [-0.1, -0.05) is 42.5 Å². The molecule has 1 aliphatic heterocycles. The van der Waals surface area contributed by atoms with E-state index < -0.39 is 17.5 Å². The van der Waals surface area contributed by atoms with Gasteiger partial charge in [0.1, 0.15) is 5.60 Å². The van der Waals surface area contributed by atoms with Crippen molar-refractivity contribution in [2.24, 2.45) is 0 Å². The number of benzene rings is 3. The SMILES string of the molecule is CC(C)N1CCOC2(CCCc3c2ccc(OC(=O)c2ccccc2)c3OC(=O)c2ccccc2)C1. The van der Waals surface area contributed by atoms with Gasteiger partial charge in [0, 0.05) is 24.7 Å². The molecule has 0 aromatic heterocycles. The second-order valence-corrected chi connectivity index (χ2v) is 9.69. The van der Waals surface area contributed by atoms with E-state index in [1.807, 2.05) is 18.2 Å². The highest BCUT2D eigenvalue weighted by molar-refractivity contribution is 5.93. The van der Waals surface area contributed by atoms with E-state index in [9.17, 15) is 9.59 Å². The van der Waals surface area contributed by atoms with Crippen LogP contribution in [-0.4, -0.2) is 42.6 Å². The van der Waals surface area contributed by atoms with Gasteiger partial charge in [-0.25, -0.2) is 9.59 Å². The molecule has 0 amide bonds. The van der Waals surface area contributed by atoms with E-state index in [0.29, 0.717) is 35.9 Å². The maximum Gasteiger partial charge on any atom is 0.343 e. The lowest BCUT2D eigenvalue weighted by Gasteiger charge is -2.47. The van der Waals surface area contributed by atoms with Gasteiger partial charge < -0.3 is 14.2 Å². The van der Waals surface area contributed by atoms with Gasteiger partial charge in [-0.2, -0.15) is 0 Å². The normalized spacial score (nSPS) is 19.6. The lowest BCUT2D eigenvalue weighted by molar-refractivity contribution is -0.130. The molecule has 6 nitrogen and oxygen atoms in total. The van der Waals surface area contributed by atoms with E-state index in [2.05, 4.69) is 18.7 Å². The highest BCUT2D eigenvalue weighted by Gasteiger charge is 2.43. The summed E-state index contributed by atoms with van der Waals surface area (Å²) in [5.41, 5.74) is 2.26. The molecular formula is C30H31NO5. The standard InChI is InChI=1S/C30H31NO5/c1-21(2)31-18-19-34-30(20-31)17-9-14-24-25(30)15-16-26(35-28(32)22-10-5-3-6-11-22)27(24)36-29(33)23-12-7-4-8-13-23/h3-8,10-13,15-16,21H,9,14,17-20H2,1-2H3. The Morgan fingerprint density at radius 3 is 2.17 bits per heavy atom. The maximum atomic E-state index is 13.1. The average Bonchev–Trinajstić information content (AvgIpc) is 2.91. The summed E-state index contributed by atoms with van der Waals surface area (Å²) in [6.45, 7) is 6.69. The Bertz CT molecular complexity index is 1240. The van der Waals surface area contributed by atoms with Crippen molar-refractivity contribution in [3.05, 3.63) is 95.1 Å². The number of carbonyl (C=O) groups excluding carboxylic acids is 2. The van der Waals surface area contributed by atoms with Crippen LogP contribution in [0.25, 0.3) is 0 Å². The molecule has 36 heavy (non-hydrogen) atoms. The molecule has 186 valence electrons. The van der Waals surface area contributed by atoms with E-state index in [1.165, 1.54) is 0 Å². The van der Waals surface area contributed by atoms with Crippen molar-refractivity contribution in [3.8, 4) is 11.5 Å². The van der Waals surface area contributed by atoms with Gasteiger partial charge in [-0.3, -0.25) is 4.90 Å². The lowest BCUT2D eigenvalue weighted by Crippen LogP contribution is -2.53. The summed E-state index contributed by atoms with van der Waals surface area (Å²) >= 11 is 0. The van der Waals surface area contributed by atoms with Gasteiger partial charge in [0.2, 0.25) is 0 Å². The first-order valence-corrected chi connectivity index (χ1v) is 12.6. The minimum absolute atomic E-state index is 0.237. The molecule has 1 spiro atoms. The molecule has 1 fully saturated rings. The largest absolute Gasteiger partial charge is 0.419 e. The first-order valence-electron chi connectivity index (χ1n) is 12.6. The van der Waals surface area contributed by atoms with Gasteiger partial charge in [-0.15, -0.1) is 0 Å². The summed E-state index contributed by atoms with van der Waals surface area (Å²) in [6, 6.07) is 21.8. The summed E-state index contributed by atoms with van der Waals surface area (Å²) < 4.78 is 18.3. The van der Waals surface area contributed by atoms with Crippen LogP contribution < -0.4 is 9.47 Å². The Balaban J connectivity index is 1.56. The average molecular weight is 486 g/mol. The highest BCUT2D eigenvalue weighted by Crippen LogP contribution is 2.47. The van der Waals surface area contributed by atoms with Gasteiger partial charge in [0.25, 0.3) is 0 Å². The number of hydrogen-bond donors (Lipinski definition) is 0. The van der Waals surface area contributed by atoms with E-state index in [1.54, 1.807) is 54.6 Å². The molecule has 0 saturated carbocycles. The Labute approximate surface area is 211 Å². The second-order valence-electron chi connectivity index (χ2n) is 9.69. The van der Waals surface area contributed by atoms with Crippen LogP contribution in [0.4, 0.5) is 0 Å². The molecular weight excluding hydrogens is 454 g/mol. The molecule has 3 aromatic carbocycles. The summed E-state index contributed by atoms with van der Waals surface area (Å²) in [5.74, 6) is -0.456. The molecule has 1 aliphatic carbocycles. The number of rotatable bonds is 5. The summed E-state index contributed by atoms with van der Waals surface area (Å²) in [7, 11) is 0. The number of fused-ring (bicyclic) bond motifs is 2. The molecule has 0 bridgehead atoms. The monoisotopic (exact) mass is 485 g/mol. The Morgan fingerprint density at radius 1 is 0.889 bits per heavy atom. The van der Waals surface area contributed by atoms with Crippen LogP contribution in [0.3, 0.4) is 0 Å². The lowest BCUT2D eigenvalue weighted by atomic mass is 9.77. The number of carbonyl (C=O) groups is 2. The molecule has 2 aliphatic rings. The zero-order valence-corrected chi connectivity index (χ0v) is 20.7. The molecule has 5 rings (SSSR count). The highest BCUT2D eigenvalue weighted by atomic mass is 16.6. The van der Waals surface area contributed by atoms with Crippen LogP contribution in [0, 0.1) is 0 Å². The number of hydrogen-bond acceptors (Lipinski definition) is 6. The fourth-order valence-corrected chi connectivity index (χ4v) is 5.18. The predicted octanol–water partition coefficient (Wildman–Crippen LogP) is 5.40. The van der Waals surface area contributed by atoms with Crippen molar-refractivity contribution in [1.82, 2.24) is 4.90 Å². The minimum atomic E-state index is -0.502. The zero-order valence-electron chi connectivity index (χ0n) is 20.7. The van der Waals surface area contributed by atoms with Crippen LogP contribution >= 0.6 is 0 Å². The zero-order chi connectivity index (χ0) is 25.1. The van der Waals surface area contributed by atoms with E-state index in [0.717, 1.165) is 37.1 Å². The van der Waals surface area contributed by atoms with Crippen LogP contribution in [0.1, 0.15) is 58.5 Å². The van der Waals surface area contributed by atoms with Crippen molar-refractivity contribution in [3.63, 3.8) is 0 Å². The molecule has 1 saturated heterocycles. The smallest absolute Gasteiger partial charge is 0.343 e. The molecule has 0 N–H and O–H groups in total. The van der Waals surface area contributed by atoms with Crippen LogP contribution in [0.2, 0.25) is 0 Å². The fraction of sp³-hybridized carbons (Fsp3) is 0.333. The van der Waals surface area contributed by atoms with Crippen LogP contribution in [-0.2, 0) is 16.8 Å². The molecule has 1 unspecified atom stereocenters. The van der Waals surface area contributed by atoms with Crippen molar-refractivity contribution in [1.29, 1.82) is 0 Å². The Kier molecular flexibility index (Phi) is 6.90. The van der Waals surface area contributed by atoms with Gasteiger partial charge >= 0.3 is 11.9 Å². The third-order valence-electron chi connectivity index (χ3n) is 7.08. The fourth-order valence-electron chi connectivity index (χ4n) is 5.18. The molecule has 3 aromatic rings. The van der Waals surface area contributed by atoms with Crippen LogP contribution in [0.5, 0.6) is 11.5 Å². The first kappa shape index (κ1) is 24.2.